The molecule has 1 aliphatic heterocycles. The molecule has 3 rings (SSSR count). The Balaban J connectivity index is 1.78. The molecule has 1 aliphatic rings. The quantitative estimate of drug-likeness (QED) is 0.795. The highest BCUT2D eigenvalue weighted by Crippen LogP contribution is 2.35. The van der Waals surface area contributed by atoms with Gasteiger partial charge in [-0.3, -0.25) is 13.9 Å². The van der Waals surface area contributed by atoms with Crippen LogP contribution in [-0.4, -0.2) is 39.1 Å². The zero-order valence-electron chi connectivity index (χ0n) is 16.4. The number of nitrogens with one attached hydrogen (secondary N) is 2. The molecule has 29 heavy (non-hydrogen) atoms. The van der Waals surface area contributed by atoms with Gasteiger partial charge in [0.15, 0.2) is 6.10 Å². The minimum atomic E-state index is -3.52. The van der Waals surface area contributed by atoms with Crippen LogP contribution in [0.1, 0.15) is 18.9 Å². The summed E-state index contributed by atoms with van der Waals surface area (Å²) in [6.07, 6.45) is 0.491. The number of benzene rings is 2. The van der Waals surface area contributed by atoms with E-state index in [2.05, 4.69) is 10.6 Å². The lowest BCUT2D eigenvalue weighted by molar-refractivity contribution is -0.122. The fourth-order valence-electron chi connectivity index (χ4n) is 3.08. The van der Waals surface area contributed by atoms with E-state index in [9.17, 15) is 18.0 Å². The Hall–Kier alpha value is -3.07. The molecule has 0 aromatic heterocycles. The first kappa shape index (κ1) is 20.7. The van der Waals surface area contributed by atoms with Crippen LogP contribution in [-0.2, 0) is 19.6 Å². The third-order valence-electron chi connectivity index (χ3n) is 4.41. The van der Waals surface area contributed by atoms with Crippen molar-refractivity contribution in [3.8, 4) is 5.75 Å². The molecule has 8 nitrogen and oxygen atoms in total. The molecule has 2 amide bonds. The summed E-state index contributed by atoms with van der Waals surface area (Å²) < 4.78 is 31.6. The molecule has 1 atom stereocenters. The van der Waals surface area contributed by atoms with E-state index in [0.29, 0.717) is 22.8 Å². The number of hydrogen-bond donors (Lipinski definition) is 2. The molecule has 0 aliphatic carbocycles. The Morgan fingerprint density at radius 1 is 1.07 bits per heavy atom. The Bertz CT molecular complexity index is 1030. The number of carbonyl (C=O) groups excluding carboxylic acids is 2. The average molecular weight is 417 g/mol. The smallest absolute Gasteiger partial charge is 0.265 e. The SMILES string of the molecule is CC(=O)Nc1ccc(NC(=O)[C@H]2CCN(S(C)(=O)=O)c3cc(C)ccc3O2)cc1. The topological polar surface area (TPSA) is 105 Å². The van der Waals surface area contributed by atoms with Crippen LogP contribution in [0.15, 0.2) is 42.5 Å². The number of fused-ring (bicyclic) bond motifs is 1. The molecule has 1 heterocycles. The number of amides is 2. The van der Waals surface area contributed by atoms with Crippen molar-refractivity contribution in [3.05, 3.63) is 48.0 Å². The standard InChI is InChI=1S/C20H23N3O5S/c1-13-4-9-18-17(12-13)23(29(3,26)27)11-10-19(28-18)20(25)22-16-7-5-15(6-8-16)21-14(2)24/h4-9,12,19H,10-11H2,1-3H3,(H,21,24)(H,22,25)/t19-/m1/s1. The fraction of sp³-hybridized carbons (Fsp3) is 0.300. The van der Waals surface area contributed by atoms with Gasteiger partial charge < -0.3 is 15.4 Å². The second-order valence-corrected chi connectivity index (χ2v) is 8.86. The molecule has 0 unspecified atom stereocenters. The molecule has 2 aromatic rings. The van der Waals surface area contributed by atoms with Crippen molar-refractivity contribution in [1.29, 1.82) is 0 Å². The first-order chi connectivity index (χ1) is 13.6. The van der Waals surface area contributed by atoms with Gasteiger partial charge in [-0.2, -0.15) is 0 Å². The summed E-state index contributed by atoms with van der Waals surface area (Å²) in [6.45, 7) is 3.41. The maximum absolute atomic E-state index is 12.7. The van der Waals surface area contributed by atoms with E-state index in [1.165, 1.54) is 11.2 Å². The lowest BCUT2D eigenvalue weighted by Crippen LogP contribution is -2.35. The van der Waals surface area contributed by atoms with Crippen LogP contribution >= 0.6 is 0 Å². The van der Waals surface area contributed by atoms with Gasteiger partial charge in [0.05, 0.1) is 11.9 Å². The van der Waals surface area contributed by atoms with E-state index < -0.39 is 16.1 Å². The second-order valence-electron chi connectivity index (χ2n) is 6.95. The first-order valence-electron chi connectivity index (χ1n) is 9.07. The van der Waals surface area contributed by atoms with E-state index in [1.54, 1.807) is 42.5 Å². The highest BCUT2D eigenvalue weighted by Gasteiger charge is 2.31. The maximum atomic E-state index is 12.7. The zero-order valence-corrected chi connectivity index (χ0v) is 17.2. The van der Waals surface area contributed by atoms with E-state index in [-0.39, 0.29) is 24.8 Å². The van der Waals surface area contributed by atoms with E-state index >= 15 is 0 Å². The zero-order chi connectivity index (χ0) is 21.2. The number of sulfonamides is 1. The number of hydrogen-bond acceptors (Lipinski definition) is 5. The summed E-state index contributed by atoms with van der Waals surface area (Å²) in [6, 6.07) is 11.9. The van der Waals surface area contributed by atoms with Crippen LogP contribution in [0.4, 0.5) is 17.1 Å². The van der Waals surface area contributed by atoms with Gasteiger partial charge in [0.1, 0.15) is 5.75 Å². The van der Waals surface area contributed by atoms with Gasteiger partial charge in [-0.15, -0.1) is 0 Å². The minimum absolute atomic E-state index is 0.134. The molecule has 2 aromatic carbocycles. The van der Waals surface area contributed by atoms with E-state index in [0.717, 1.165) is 11.8 Å². The number of anilines is 3. The van der Waals surface area contributed by atoms with Gasteiger partial charge in [0, 0.05) is 31.3 Å². The molecule has 0 spiro atoms. The lowest BCUT2D eigenvalue weighted by atomic mass is 10.2. The number of aryl methyl sites for hydroxylation is 1. The Kier molecular flexibility index (Phi) is 5.78. The second kappa shape index (κ2) is 8.12. The van der Waals surface area contributed by atoms with Crippen LogP contribution in [0.25, 0.3) is 0 Å². The van der Waals surface area contributed by atoms with Crippen LogP contribution < -0.4 is 19.7 Å². The van der Waals surface area contributed by atoms with E-state index in [1.807, 2.05) is 6.92 Å². The number of ether oxygens (including phenoxy) is 1. The van der Waals surface area contributed by atoms with Gasteiger partial charge in [0.2, 0.25) is 15.9 Å². The molecule has 154 valence electrons. The van der Waals surface area contributed by atoms with Crippen molar-refractivity contribution >= 4 is 38.9 Å². The highest BCUT2D eigenvalue weighted by molar-refractivity contribution is 7.92. The molecular formula is C20H23N3O5S. The van der Waals surface area contributed by atoms with Gasteiger partial charge in [-0.25, -0.2) is 8.42 Å². The maximum Gasteiger partial charge on any atom is 0.265 e. The minimum Gasteiger partial charge on any atom is -0.478 e. The third-order valence-corrected chi connectivity index (χ3v) is 5.59. The largest absolute Gasteiger partial charge is 0.478 e. The summed E-state index contributed by atoms with van der Waals surface area (Å²) in [5.41, 5.74) is 2.49. The summed E-state index contributed by atoms with van der Waals surface area (Å²) in [5.74, 6) is -0.211. The monoisotopic (exact) mass is 417 g/mol. The predicted octanol–water partition coefficient (Wildman–Crippen LogP) is 2.51. The summed E-state index contributed by atoms with van der Waals surface area (Å²) in [7, 11) is -3.52. The molecule has 0 fully saturated rings. The molecule has 0 bridgehead atoms. The Labute approximate surface area is 169 Å². The molecular weight excluding hydrogens is 394 g/mol. The normalized spacial score (nSPS) is 16.2. The summed E-state index contributed by atoms with van der Waals surface area (Å²) in [5, 5.41) is 5.42. The molecule has 0 saturated heterocycles. The first-order valence-corrected chi connectivity index (χ1v) is 10.9. The number of carbonyl (C=O) groups is 2. The van der Waals surface area contributed by atoms with Crippen LogP contribution in [0.2, 0.25) is 0 Å². The molecule has 2 N–H and O–H groups in total. The fourth-order valence-corrected chi connectivity index (χ4v) is 4.02. The summed E-state index contributed by atoms with van der Waals surface area (Å²) >= 11 is 0. The van der Waals surface area contributed by atoms with Crippen molar-refractivity contribution in [2.24, 2.45) is 0 Å². The van der Waals surface area contributed by atoms with Gasteiger partial charge in [-0.1, -0.05) is 6.07 Å². The predicted molar refractivity (Wildman–Crippen MR) is 112 cm³/mol. The number of nitrogens with zero attached hydrogens (tertiary/aromatic N) is 1. The van der Waals surface area contributed by atoms with E-state index in [4.69, 9.17) is 4.74 Å². The van der Waals surface area contributed by atoms with Crippen molar-refractivity contribution in [1.82, 2.24) is 0 Å². The molecule has 0 radical (unpaired) electrons. The van der Waals surface area contributed by atoms with Crippen molar-refractivity contribution in [3.63, 3.8) is 0 Å². The van der Waals surface area contributed by atoms with Crippen LogP contribution in [0.3, 0.4) is 0 Å². The highest BCUT2D eigenvalue weighted by atomic mass is 32.2. The molecule has 9 heteroatoms. The van der Waals surface area contributed by atoms with Crippen LogP contribution in [0.5, 0.6) is 5.75 Å². The van der Waals surface area contributed by atoms with Crippen molar-refractivity contribution in [2.45, 2.75) is 26.4 Å². The third kappa shape index (κ3) is 5.05. The summed E-state index contributed by atoms with van der Waals surface area (Å²) in [4.78, 5) is 23.8. The Morgan fingerprint density at radius 2 is 1.69 bits per heavy atom. The van der Waals surface area contributed by atoms with Gasteiger partial charge >= 0.3 is 0 Å². The van der Waals surface area contributed by atoms with Gasteiger partial charge in [0.25, 0.3) is 5.91 Å². The lowest BCUT2D eigenvalue weighted by Gasteiger charge is -2.21. The Morgan fingerprint density at radius 3 is 2.28 bits per heavy atom. The van der Waals surface area contributed by atoms with Gasteiger partial charge in [-0.05, 0) is 48.9 Å². The van der Waals surface area contributed by atoms with Crippen molar-refractivity contribution < 1.29 is 22.7 Å². The number of rotatable bonds is 4. The van der Waals surface area contributed by atoms with Crippen molar-refractivity contribution in [2.75, 3.05) is 27.7 Å². The van der Waals surface area contributed by atoms with Crippen LogP contribution in [0, 0.1) is 6.92 Å². The average Bonchev–Trinajstić information content (AvgIpc) is 2.82. The molecule has 0 saturated carbocycles.